The number of aryl methyl sites for hydroxylation is 3. The minimum Gasteiger partial charge on any atom is -0.427 e. The molecule has 116 valence electrons. The number of carbonyl (C=O) groups excluding carboxylic acids is 1. The molecular formula is C18H21NO3. The lowest BCUT2D eigenvalue weighted by atomic mass is 10.0. The summed E-state index contributed by atoms with van der Waals surface area (Å²) in [7, 11) is 0. The fourth-order valence-corrected chi connectivity index (χ4v) is 2.49. The standard InChI is InChI=1S/C18H21NO3/c1-12-11-16(20)22-14(3)17(12)18(21)19-13(2)9-10-15-7-5-4-6-8-15/h4-8,11,13H,9-10H2,1-3H3,(H,19,21)/t13-/m1/s1. The van der Waals surface area contributed by atoms with Crippen LogP contribution in [0.1, 0.15) is 40.6 Å². The molecule has 0 unspecified atom stereocenters. The molecule has 0 saturated heterocycles. The first-order valence-corrected chi connectivity index (χ1v) is 7.43. The third-order valence-electron chi connectivity index (χ3n) is 3.65. The fraction of sp³-hybridized carbons (Fsp3) is 0.333. The first kappa shape index (κ1) is 16.0. The van der Waals surface area contributed by atoms with Crippen molar-refractivity contribution in [3.8, 4) is 0 Å². The zero-order valence-electron chi connectivity index (χ0n) is 13.2. The number of hydrogen-bond donors (Lipinski definition) is 1. The van der Waals surface area contributed by atoms with Crippen molar-refractivity contribution in [1.82, 2.24) is 5.32 Å². The summed E-state index contributed by atoms with van der Waals surface area (Å²) < 4.78 is 5.00. The number of hydrogen-bond acceptors (Lipinski definition) is 3. The van der Waals surface area contributed by atoms with Crippen molar-refractivity contribution in [3.63, 3.8) is 0 Å². The van der Waals surface area contributed by atoms with Crippen LogP contribution < -0.4 is 10.9 Å². The average Bonchev–Trinajstić information content (AvgIpc) is 2.45. The molecule has 0 fully saturated rings. The maximum Gasteiger partial charge on any atom is 0.336 e. The second kappa shape index (κ2) is 7.07. The van der Waals surface area contributed by atoms with Crippen molar-refractivity contribution in [2.75, 3.05) is 0 Å². The molecule has 0 spiro atoms. The molecule has 0 saturated carbocycles. The lowest BCUT2D eigenvalue weighted by molar-refractivity contribution is 0.0934. The third kappa shape index (κ3) is 4.07. The first-order chi connectivity index (χ1) is 10.5. The number of amides is 1. The molecule has 0 aliphatic heterocycles. The highest BCUT2D eigenvalue weighted by Gasteiger charge is 2.17. The lowest BCUT2D eigenvalue weighted by Crippen LogP contribution is -2.34. The van der Waals surface area contributed by atoms with Gasteiger partial charge in [0.1, 0.15) is 5.76 Å². The molecule has 1 N–H and O–H groups in total. The van der Waals surface area contributed by atoms with Crippen molar-refractivity contribution < 1.29 is 9.21 Å². The summed E-state index contributed by atoms with van der Waals surface area (Å²) in [6.07, 6.45) is 1.76. The highest BCUT2D eigenvalue weighted by atomic mass is 16.4. The number of carbonyl (C=O) groups is 1. The molecule has 1 atom stereocenters. The van der Waals surface area contributed by atoms with Gasteiger partial charge in [-0.25, -0.2) is 4.79 Å². The Kier molecular flexibility index (Phi) is 5.15. The van der Waals surface area contributed by atoms with Gasteiger partial charge in [-0.1, -0.05) is 30.3 Å². The second-order valence-electron chi connectivity index (χ2n) is 5.58. The van der Waals surface area contributed by atoms with Gasteiger partial charge in [0.25, 0.3) is 5.91 Å². The van der Waals surface area contributed by atoms with E-state index in [1.165, 1.54) is 11.6 Å². The predicted molar refractivity (Wildman–Crippen MR) is 86.1 cm³/mol. The van der Waals surface area contributed by atoms with Gasteiger partial charge in [-0.15, -0.1) is 0 Å². The van der Waals surface area contributed by atoms with E-state index in [-0.39, 0.29) is 11.9 Å². The minimum atomic E-state index is -0.427. The number of benzene rings is 1. The van der Waals surface area contributed by atoms with E-state index in [0.29, 0.717) is 16.9 Å². The van der Waals surface area contributed by atoms with Gasteiger partial charge < -0.3 is 9.73 Å². The van der Waals surface area contributed by atoms with Crippen LogP contribution in [-0.4, -0.2) is 11.9 Å². The molecule has 1 amide bonds. The minimum absolute atomic E-state index is 0.0402. The predicted octanol–water partition coefficient (Wildman–Crippen LogP) is 3.01. The molecule has 2 rings (SSSR count). The van der Waals surface area contributed by atoms with Crippen molar-refractivity contribution in [3.05, 3.63) is 69.3 Å². The third-order valence-corrected chi connectivity index (χ3v) is 3.65. The summed E-state index contributed by atoms with van der Waals surface area (Å²) in [6.45, 7) is 5.36. The number of nitrogens with one attached hydrogen (secondary N) is 1. The Morgan fingerprint density at radius 1 is 1.23 bits per heavy atom. The van der Waals surface area contributed by atoms with Crippen molar-refractivity contribution in [2.45, 2.75) is 39.7 Å². The monoisotopic (exact) mass is 299 g/mol. The Labute approximate surface area is 130 Å². The summed E-state index contributed by atoms with van der Waals surface area (Å²) in [5.41, 5.74) is 1.91. The molecule has 0 aliphatic carbocycles. The molecule has 0 bridgehead atoms. The fourth-order valence-electron chi connectivity index (χ4n) is 2.49. The van der Waals surface area contributed by atoms with Gasteiger partial charge in [0.05, 0.1) is 5.56 Å². The summed E-state index contributed by atoms with van der Waals surface area (Å²) in [5, 5.41) is 2.97. The molecule has 22 heavy (non-hydrogen) atoms. The molecular weight excluding hydrogens is 278 g/mol. The van der Waals surface area contributed by atoms with Crippen molar-refractivity contribution in [1.29, 1.82) is 0 Å². The Balaban J connectivity index is 1.98. The largest absolute Gasteiger partial charge is 0.427 e. The van der Waals surface area contributed by atoms with Crippen LogP contribution in [0, 0.1) is 13.8 Å². The van der Waals surface area contributed by atoms with E-state index < -0.39 is 5.63 Å². The van der Waals surface area contributed by atoms with Gasteiger partial charge in [0, 0.05) is 12.1 Å². The smallest absolute Gasteiger partial charge is 0.336 e. The molecule has 1 heterocycles. The van der Waals surface area contributed by atoms with Crippen molar-refractivity contribution in [2.24, 2.45) is 0 Å². The van der Waals surface area contributed by atoms with Gasteiger partial charge in [-0.2, -0.15) is 0 Å². The summed E-state index contributed by atoms with van der Waals surface area (Å²) in [4.78, 5) is 23.6. The van der Waals surface area contributed by atoms with Crippen molar-refractivity contribution >= 4 is 5.91 Å². The van der Waals surface area contributed by atoms with Gasteiger partial charge >= 0.3 is 5.63 Å². The molecule has 1 aromatic carbocycles. The highest BCUT2D eigenvalue weighted by molar-refractivity contribution is 5.96. The molecule has 2 aromatic rings. The normalized spacial score (nSPS) is 12.0. The zero-order chi connectivity index (χ0) is 16.1. The molecule has 4 heteroatoms. The SMILES string of the molecule is Cc1cc(=O)oc(C)c1C(=O)N[C@H](C)CCc1ccccc1. The zero-order valence-corrected chi connectivity index (χ0v) is 13.2. The molecule has 4 nitrogen and oxygen atoms in total. The van der Waals surface area contributed by atoms with Crippen LogP contribution in [0.3, 0.4) is 0 Å². The van der Waals surface area contributed by atoms with Crippen LogP contribution in [0.5, 0.6) is 0 Å². The average molecular weight is 299 g/mol. The molecule has 0 aliphatic rings. The maximum atomic E-state index is 12.3. The Morgan fingerprint density at radius 3 is 2.55 bits per heavy atom. The van der Waals surface area contributed by atoms with Crippen LogP contribution in [-0.2, 0) is 6.42 Å². The summed E-state index contributed by atoms with van der Waals surface area (Å²) in [6, 6.07) is 11.6. The Hall–Kier alpha value is -2.36. The van der Waals surface area contributed by atoms with E-state index in [9.17, 15) is 9.59 Å². The van der Waals surface area contributed by atoms with E-state index in [1.807, 2.05) is 25.1 Å². The molecule has 0 radical (unpaired) electrons. The van der Waals surface area contributed by atoms with E-state index in [4.69, 9.17) is 4.42 Å². The Bertz CT molecular complexity index is 678. The summed E-state index contributed by atoms with van der Waals surface area (Å²) >= 11 is 0. The Morgan fingerprint density at radius 2 is 1.91 bits per heavy atom. The van der Waals surface area contributed by atoms with Crippen LogP contribution in [0.2, 0.25) is 0 Å². The van der Waals surface area contributed by atoms with Gasteiger partial charge in [0.15, 0.2) is 0 Å². The maximum absolute atomic E-state index is 12.3. The summed E-state index contributed by atoms with van der Waals surface area (Å²) in [5.74, 6) is 0.164. The van der Waals surface area contributed by atoms with Gasteiger partial charge in [-0.3, -0.25) is 4.79 Å². The first-order valence-electron chi connectivity index (χ1n) is 7.43. The van der Waals surface area contributed by atoms with Crippen LogP contribution >= 0.6 is 0 Å². The topological polar surface area (TPSA) is 59.3 Å². The number of rotatable bonds is 5. The van der Waals surface area contributed by atoms with Crippen LogP contribution in [0.15, 0.2) is 45.6 Å². The van der Waals surface area contributed by atoms with Crippen LogP contribution in [0.25, 0.3) is 0 Å². The van der Waals surface area contributed by atoms with E-state index in [2.05, 4.69) is 17.4 Å². The molecule has 1 aromatic heterocycles. The second-order valence-corrected chi connectivity index (χ2v) is 5.58. The highest BCUT2D eigenvalue weighted by Crippen LogP contribution is 2.12. The van der Waals surface area contributed by atoms with Gasteiger partial charge in [-0.05, 0) is 44.7 Å². The van der Waals surface area contributed by atoms with Gasteiger partial charge in [0.2, 0.25) is 0 Å². The lowest BCUT2D eigenvalue weighted by Gasteiger charge is -2.15. The van der Waals surface area contributed by atoms with E-state index >= 15 is 0 Å². The quantitative estimate of drug-likeness (QED) is 0.923. The van der Waals surface area contributed by atoms with E-state index in [0.717, 1.165) is 12.8 Å². The van der Waals surface area contributed by atoms with Crippen LogP contribution in [0.4, 0.5) is 0 Å². The van der Waals surface area contributed by atoms with E-state index in [1.54, 1.807) is 13.8 Å².